The number of aliphatic hydroxyl groups is 1. The Morgan fingerprint density at radius 3 is 2.67 bits per heavy atom. The molecular weight excluding hydrogens is 266 g/mol. The largest absolute Gasteiger partial charge is 0.488 e. The molecule has 0 fully saturated rings. The van der Waals surface area contributed by atoms with E-state index in [0.29, 0.717) is 12.4 Å². The summed E-state index contributed by atoms with van der Waals surface area (Å²) in [6.45, 7) is 7.03. The van der Waals surface area contributed by atoms with Crippen LogP contribution in [0, 0.1) is 6.92 Å². The number of hydrogen-bond acceptors (Lipinski definition) is 5. The summed E-state index contributed by atoms with van der Waals surface area (Å²) in [6.07, 6.45) is 7.87. The van der Waals surface area contributed by atoms with Crippen molar-refractivity contribution in [1.82, 2.24) is 9.97 Å². The fraction of sp³-hybridized carbons (Fsp3) is 0.750. The quantitative estimate of drug-likeness (QED) is 0.613. The normalized spacial score (nSPS) is 12.2. The van der Waals surface area contributed by atoms with E-state index in [9.17, 15) is 5.11 Å². The Bertz CT molecular complexity index is 399. The van der Waals surface area contributed by atoms with Gasteiger partial charge >= 0.3 is 0 Å². The van der Waals surface area contributed by atoms with E-state index in [4.69, 9.17) is 4.74 Å². The van der Waals surface area contributed by atoms with E-state index in [0.717, 1.165) is 50.2 Å². The molecule has 0 unspecified atom stereocenters. The van der Waals surface area contributed by atoms with Gasteiger partial charge in [0.2, 0.25) is 0 Å². The van der Waals surface area contributed by atoms with Crippen LogP contribution in [0.2, 0.25) is 0 Å². The van der Waals surface area contributed by atoms with E-state index in [1.54, 1.807) is 6.20 Å². The molecule has 0 aliphatic heterocycles. The van der Waals surface area contributed by atoms with Crippen LogP contribution in [-0.2, 0) is 0 Å². The topological polar surface area (TPSA) is 67.3 Å². The third kappa shape index (κ3) is 6.76. The van der Waals surface area contributed by atoms with Gasteiger partial charge in [0.25, 0.3) is 0 Å². The summed E-state index contributed by atoms with van der Waals surface area (Å²) < 4.78 is 5.77. The van der Waals surface area contributed by atoms with Crippen molar-refractivity contribution in [2.24, 2.45) is 0 Å². The van der Waals surface area contributed by atoms with Crippen LogP contribution in [0.4, 0.5) is 5.82 Å². The van der Waals surface area contributed by atoms with Crippen molar-refractivity contribution in [2.75, 3.05) is 18.5 Å². The van der Waals surface area contributed by atoms with E-state index in [2.05, 4.69) is 29.1 Å². The molecule has 1 aromatic rings. The second-order valence-corrected chi connectivity index (χ2v) is 5.33. The van der Waals surface area contributed by atoms with Crippen LogP contribution in [-0.4, -0.2) is 34.3 Å². The first-order valence-electron chi connectivity index (χ1n) is 8.05. The van der Waals surface area contributed by atoms with Crippen molar-refractivity contribution in [3.63, 3.8) is 0 Å². The molecule has 0 bridgehead atoms. The Labute approximate surface area is 128 Å². The Kier molecular flexibility index (Phi) is 8.74. The molecule has 5 heteroatoms. The van der Waals surface area contributed by atoms with Crippen molar-refractivity contribution >= 4 is 5.82 Å². The summed E-state index contributed by atoms with van der Waals surface area (Å²) >= 11 is 0. The average molecular weight is 295 g/mol. The van der Waals surface area contributed by atoms with E-state index in [1.165, 1.54) is 0 Å². The molecule has 21 heavy (non-hydrogen) atoms. The molecule has 0 radical (unpaired) electrons. The number of anilines is 1. The monoisotopic (exact) mass is 295 g/mol. The number of aromatic nitrogens is 2. The zero-order chi connectivity index (χ0) is 15.5. The molecule has 2 N–H and O–H groups in total. The average Bonchev–Trinajstić information content (AvgIpc) is 2.47. The molecule has 1 rings (SSSR count). The maximum atomic E-state index is 9.21. The molecule has 0 aliphatic carbocycles. The highest BCUT2D eigenvalue weighted by atomic mass is 16.5. The lowest BCUT2D eigenvalue weighted by Gasteiger charge is -2.20. The van der Waals surface area contributed by atoms with Crippen molar-refractivity contribution in [3.8, 4) is 5.75 Å². The molecule has 0 saturated heterocycles. The Morgan fingerprint density at radius 1 is 1.24 bits per heavy atom. The molecular formula is C16H29N3O2. The first kappa shape index (κ1) is 17.7. The van der Waals surface area contributed by atoms with Crippen molar-refractivity contribution in [3.05, 3.63) is 12.0 Å². The number of aliphatic hydroxyl groups excluding tert-OH is 1. The van der Waals surface area contributed by atoms with Crippen LogP contribution in [0.1, 0.15) is 58.2 Å². The number of ether oxygens (including phenoxy) is 1. The Balaban J connectivity index is 2.74. The van der Waals surface area contributed by atoms with Gasteiger partial charge in [0.15, 0.2) is 11.6 Å². The van der Waals surface area contributed by atoms with Crippen LogP contribution in [0.3, 0.4) is 0 Å². The lowest BCUT2D eigenvalue weighted by molar-refractivity contribution is 0.275. The second kappa shape index (κ2) is 10.4. The van der Waals surface area contributed by atoms with Gasteiger partial charge in [0, 0.05) is 12.6 Å². The lowest BCUT2D eigenvalue weighted by atomic mass is 10.1. The minimum Gasteiger partial charge on any atom is -0.488 e. The molecule has 0 spiro atoms. The number of aryl methyl sites for hydroxylation is 1. The highest BCUT2D eigenvalue weighted by Crippen LogP contribution is 2.23. The number of rotatable bonds is 11. The molecule has 0 saturated carbocycles. The zero-order valence-electron chi connectivity index (χ0n) is 13.6. The summed E-state index contributed by atoms with van der Waals surface area (Å²) in [6, 6.07) is 0.220. The van der Waals surface area contributed by atoms with Gasteiger partial charge in [-0.3, -0.25) is 0 Å². The minimum atomic E-state index is 0.178. The molecule has 0 aromatic carbocycles. The van der Waals surface area contributed by atoms with Gasteiger partial charge in [-0.25, -0.2) is 9.97 Å². The first-order chi connectivity index (χ1) is 10.2. The molecule has 120 valence electrons. The molecule has 5 nitrogen and oxygen atoms in total. The molecule has 1 aromatic heterocycles. The fourth-order valence-corrected chi connectivity index (χ4v) is 2.08. The van der Waals surface area contributed by atoms with Crippen molar-refractivity contribution in [1.29, 1.82) is 0 Å². The molecule has 1 heterocycles. The van der Waals surface area contributed by atoms with E-state index in [-0.39, 0.29) is 12.6 Å². The summed E-state index contributed by atoms with van der Waals surface area (Å²) in [5.74, 6) is 2.17. The van der Waals surface area contributed by atoms with E-state index in [1.807, 2.05) is 6.92 Å². The molecule has 0 aliphatic rings. The summed E-state index contributed by atoms with van der Waals surface area (Å²) in [7, 11) is 0. The van der Waals surface area contributed by atoms with Gasteiger partial charge in [0.1, 0.15) is 5.82 Å². The number of hydrogen-bond donors (Lipinski definition) is 2. The number of unbranched alkanes of at least 4 members (excludes halogenated alkanes) is 2. The summed E-state index contributed by atoms with van der Waals surface area (Å²) in [4.78, 5) is 8.66. The summed E-state index contributed by atoms with van der Waals surface area (Å²) in [5, 5.41) is 12.6. The highest BCUT2D eigenvalue weighted by Gasteiger charge is 2.13. The van der Waals surface area contributed by atoms with Crippen LogP contribution in [0.5, 0.6) is 5.75 Å². The van der Waals surface area contributed by atoms with Crippen LogP contribution < -0.4 is 10.1 Å². The van der Waals surface area contributed by atoms with Gasteiger partial charge in [-0.15, -0.1) is 0 Å². The fourth-order valence-electron chi connectivity index (χ4n) is 2.08. The highest BCUT2D eigenvalue weighted by molar-refractivity contribution is 5.49. The maximum Gasteiger partial charge on any atom is 0.179 e. The number of nitrogens with one attached hydrogen (secondary N) is 1. The molecule has 1 atom stereocenters. The third-order valence-electron chi connectivity index (χ3n) is 3.36. The van der Waals surface area contributed by atoms with Gasteiger partial charge in [-0.1, -0.05) is 33.1 Å². The minimum absolute atomic E-state index is 0.178. The maximum absolute atomic E-state index is 9.21. The van der Waals surface area contributed by atoms with Gasteiger partial charge < -0.3 is 15.2 Å². The van der Waals surface area contributed by atoms with E-state index >= 15 is 0 Å². The van der Waals surface area contributed by atoms with E-state index < -0.39 is 0 Å². The summed E-state index contributed by atoms with van der Waals surface area (Å²) in [5.41, 5.74) is 0. The van der Waals surface area contributed by atoms with Gasteiger partial charge in [0.05, 0.1) is 12.8 Å². The third-order valence-corrected chi connectivity index (χ3v) is 3.36. The predicted octanol–water partition coefficient (Wildman–Crippen LogP) is 3.32. The van der Waals surface area contributed by atoms with Crippen LogP contribution in [0.25, 0.3) is 0 Å². The smallest absolute Gasteiger partial charge is 0.179 e. The second-order valence-electron chi connectivity index (χ2n) is 5.33. The lowest BCUT2D eigenvalue weighted by Crippen LogP contribution is -2.22. The Morgan fingerprint density at radius 2 is 2.00 bits per heavy atom. The zero-order valence-corrected chi connectivity index (χ0v) is 13.6. The van der Waals surface area contributed by atoms with Gasteiger partial charge in [-0.05, 0) is 26.2 Å². The predicted molar refractivity (Wildman–Crippen MR) is 85.8 cm³/mol. The van der Waals surface area contributed by atoms with Crippen LogP contribution >= 0.6 is 0 Å². The molecule has 0 amide bonds. The Hall–Kier alpha value is -1.36. The standard InChI is InChI=1S/C16H29N3O2/c1-4-6-8-14(9-10-20)19-16-15(21-11-7-5-2)12-17-13(3)18-16/h12,14,20H,4-11H2,1-3H3,(H,17,18,19)/t14-/m0/s1. The van der Waals surface area contributed by atoms with Crippen molar-refractivity contribution in [2.45, 2.75) is 65.3 Å². The van der Waals surface area contributed by atoms with Gasteiger partial charge in [-0.2, -0.15) is 0 Å². The SMILES string of the molecule is CCCCOc1cnc(C)nc1N[C@H](CCO)CCCC. The van der Waals surface area contributed by atoms with Crippen LogP contribution in [0.15, 0.2) is 6.20 Å². The van der Waals surface area contributed by atoms with Crippen molar-refractivity contribution < 1.29 is 9.84 Å². The number of nitrogens with zero attached hydrogens (tertiary/aromatic N) is 2. The first-order valence-corrected chi connectivity index (χ1v) is 8.05.